The molecule has 1 aromatic heterocycles. The number of carbonyl (C=O) groups excluding carboxylic acids is 1. The van der Waals surface area contributed by atoms with Crippen molar-refractivity contribution in [1.82, 2.24) is 10.2 Å². The van der Waals surface area contributed by atoms with Gasteiger partial charge in [0.1, 0.15) is 0 Å². The summed E-state index contributed by atoms with van der Waals surface area (Å²) in [5.74, 6) is 0.445. The molecule has 1 rings (SSSR count). The van der Waals surface area contributed by atoms with Gasteiger partial charge in [-0.15, -0.1) is 5.10 Å². The van der Waals surface area contributed by atoms with E-state index in [0.717, 1.165) is 6.42 Å². The quantitative estimate of drug-likeness (QED) is 0.765. The van der Waals surface area contributed by atoms with Crippen molar-refractivity contribution in [2.45, 2.75) is 33.1 Å². The Hall–Kier alpha value is -1.39. The largest absolute Gasteiger partial charge is 0.408 e. The highest BCUT2D eigenvalue weighted by Crippen LogP contribution is 2.06. The minimum absolute atomic E-state index is 0.0891. The molecular formula is C8H13N3O2. The van der Waals surface area contributed by atoms with Crippen LogP contribution in [-0.4, -0.2) is 16.1 Å². The van der Waals surface area contributed by atoms with E-state index in [9.17, 15) is 4.79 Å². The van der Waals surface area contributed by atoms with Crippen LogP contribution < -0.4 is 5.32 Å². The standard InChI is InChI=1S/C8H13N3O2/c1-3-5-6(12)9-8-11-10-7(4-2)13-8/h3-5H2,1-2H3,(H,9,11,12). The molecule has 0 saturated heterocycles. The first-order chi connectivity index (χ1) is 6.26. The van der Waals surface area contributed by atoms with Gasteiger partial charge in [-0.25, -0.2) is 0 Å². The summed E-state index contributed by atoms with van der Waals surface area (Å²) in [6, 6.07) is 0.190. The Morgan fingerprint density at radius 2 is 2.23 bits per heavy atom. The topological polar surface area (TPSA) is 68.0 Å². The van der Waals surface area contributed by atoms with Gasteiger partial charge in [0.2, 0.25) is 11.8 Å². The number of nitrogens with zero attached hydrogens (tertiary/aromatic N) is 2. The average Bonchev–Trinajstić information content (AvgIpc) is 2.52. The Labute approximate surface area is 76.5 Å². The number of hydrogen-bond acceptors (Lipinski definition) is 4. The van der Waals surface area contributed by atoms with Crippen molar-refractivity contribution in [2.75, 3.05) is 5.32 Å². The van der Waals surface area contributed by atoms with E-state index in [1.807, 2.05) is 13.8 Å². The maximum atomic E-state index is 11.1. The number of aryl methyl sites for hydroxylation is 1. The smallest absolute Gasteiger partial charge is 0.322 e. The molecule has 13 heavy (non-hydrogen) atoms. The van der Waals surface area contributed by atoms with Crippen molar-refractivity contribution >= 4 is 11.9 Å². The lowest BCUT2D eigenvalue weighted by atomic mass is 10.3. The van der Waals surface area contributed by atoms with E-state index in [1.165, 1.54) is 0 Å². The lowest BCUT2D eigenvalue weighted by Gasteiger charge is -1.95. The van der Waals surface area contributed by atoms with Crippen LogP contribution in [0.15, 0.2) is 4.42 Å². The molecular weight excluding hydrogens is 170 g/mol. The van der Waals surface area contributed by atoms with Crippen LogP contribution in [0.4, 0.5) is 6.01 Å². The Morgan fingerprint density at radius 3 is 2.77 bits per heavy atom. The number of anilines is 1. The maximum Gasteiger partial charge on any atom is 0.322 e. The fourth-order valence-electron chi connectivity index (χ4n) is 0.856. The molecule has 1 heterocycles. The summed E-state index contributed by atoms with van der Waals surface area (Å²) in [6.45, 7) is 3.84. The van der Waals surface area contributed by atoms with Crippen molar-refractivity contribution in [1.29, 1.82) is 0 Å². The monoisotopic (exact) mass is 183 g/mol. The van der Waals surface area contributed by atoms with Crippen LogP contribution in [0, 0.1) is 0 Å². The summed E-state index contributed by atoms with van der Waals surface area (Å²) in [5.41, 5.74) is 0. The summed E-state index contributed by atoms with van der Waals surface area (Å²) in [5, 5.41) is 9.90. The predicted molar refractivity (Wildman–Crippen MR) is 47.2 cm³/mol. The van der Waals surface area contributed by atoms with Crippen LogP contribution in [0.3, 0.4) is 0 Å². The van der Waals surface area contributed by atoms with Gasteiger partial charge < -0.3 is 4.42 Å². The molecule has 0 aliphatic heterocycles. The molecule has 0 spiro atoms. The predicted octanol–water partition coefficient (Wildman–Crippen LogP) is 1.37. The Morgan fingerprint density at radius 1 is 1.46 bits per heavy atom. The molecule has 1 amide bonds. The highest BCUT2D eigenvalue weighted by Gasteiger charge is 2.06. The number of aromatic nitrogens is 2. The van der Waals surface area contributed by atoms with Gasteiger partial charge in [0, 0.05) is 12.8 Å². The van der Waals surface area contributed by atoms with Gasteiger partial charge in [-0.2, -0.15) is 0 Å². The van der Waals surface area contributed by atoms with Gasteiger partial charge in [-0.1, -0.05) is 18.9 Å². The first kappa shape index (κ1) is 9.70. The second kappa shape index (κ2) is 4.59. The van der Waals surface area contributed by atoms with E-state index in [1.54, 1.807) is 0 Å². The van der Waals surface area contributed by atoms with Crippen molar-refractivity contribution in [2.24, 2.45) is 0 Å². The highest BCUT2D eigenvalue weighted by molar-refractivity contribution is 5.88. The Balaban J connectivity index is 2.49. The van der Waals surface area contributed by atoms with Crippen molar-refractivity contribution < 1.29 is 9.21 Å². The Kier molecular flexibility index (Phi) is 3.42. The third-order valence-electron chi connectivity index (χ3n) is 1.49. The zero-order valence-corrected chi connectivity index (χ0v) is 7.83. The molecule has 0 aliphatic rings. The minimum atomic E-state index is -0.0891. The SMILES string of the molecule is CCCC(=O)Nc1nnc(CC)o1. The van der Waals surface area contributed by atoms with Crippen molar-refractivity contribution in [3.8, 4) is 0 Å². The first-order valence-corrected chi connectivity index (χ1v) is 4.38. The molecule has 0 saturated carbocycles. The van der Waals surface area contributed by atoms with Crippen LogP contribution in [0.1, 0.15) is 32.6 Å². The normalized spacial score (nSPS) is 10.0. The third-order valence-corrected chi connectivity index (χ3v) is 1.49. The van der Waals surface area contributed by atoms with E-state index >= 15 is 0 Å². The number of nitrogens with one attached hydrogen (secondary N) is 1. The van der Waals surface area contributed by atoms with Crippen LogP contribution in [0.2, 0.25) is 0 Å². The van der Waals surface area contributed by atoms with Crippen LogP contribution in [0.25, 0.3) is 0 Å². The number of hydrogen-bond donors (Lipinski definition) is 1. The first-order valence-electron chi connectivity index (χ1n) is 4.38. The van der Waals surface area contributed by atoms with Gasteiger partial charge in [0.25, 0.3) is 0 Å². The Bertz CT molecular complexity index is 283. The lowest BCUT2D eigenvalue weighted by Crippen LogP contribution is -2.10. The van der Waals surface area contributed by atoms with Crippen LogP contribution in [0.5, 0.6) is 0 Å². The van der Waals surface area contributed by atoms with E-state index < -0.39 is 0 Å². The van der Waals surface area contributed by atoms with E-state index in [-0.39, 0.29) is 11.9 Å². The summed E-state index contributed by atoms with van der Waals surface area (Å²) >= 11 is 0. The van der Waals surface area contributed by atoms with Gasteiger partial charge in [0.15, 0.2) is 0 Å². The number of amides is 1. The number of carbonyl (C=O) groups is 1. The molecule has 0 unspecified atom stereocenters. The molecule has 0 radical (unpaired) electrons. The van der Waals surface area contributed by atoms with Gasteiger partial charge in [-0.3, -0.25) is 10.1 Å². The van der Waals surface area contributed by atoms with Crippen molar-refractivity contribution in [3.05, 3.63) is 5.89 Å². The third kappa shape index (κ3) is 2.85. The minimum Gasteiger partial charge on any atom is -0.408 e. The highest BCUT2D eigenvalue weighted by atomic mass is 16.4. The maximum absolute atomic E-state index is 11.1. The van der Waals surface area contributed by atoms with Gasteiger partial charge in [-0.05, 0) is 6.42 Å². The van der Waals surface area contributed by atoms with Gasteiger partial charge in [0.05, 0.1) is 0 Å². The summed E-state index contributed by atoms with van der Waals surface area (Å²) < 4.78 is 5.10. The second-order valence-corrected chi connectivity index (χ2v) is 2.65. The number of rotatable bonds is 4. The molecule has 0 aliphatic carbocycles. The molecule has 72 valence electrons. The molecule has 1 N–H and O–H groups in total. The molecule has 0 atom stereocenters. The molecule has 5 nitrogen and oxygen atoms in total. The van der Waals surface area contributed by atoms with Gasteiger partial charge >= 0.3 is 6.01 Å². The van der Waals surface area contributed by atoms with E-state index in [2.05, 4.69) is 15.5 Å². The zero-order valence-electron chi connectivity index (χ0n) is 7.83. The summed E-state index contributed by atoms with van der Waals surface area (Å²) in [6.07, 6.45) is 1.96. The summed E-state index contributed by atoms with van der Waals surface area (Å²) in [7, 11) is 0. The van der Waals surface area contributed by atoms with Crippen LogP contribution >= 0.6 is 0 Å². The average molecular weight is 183 g/mol. The molecule has 0 bridgehead atoms. The molecule has 0 aromatic carbocycles. The second-order valence-electron chi connectivity index (χ2n) is 2.65. The molecule has 0 fully saturated rings. The summed E-state index contributed by atoms with van der Waals surface area (Å²) in [4.78, 5) is 11.1. The molecule has 1 aromatic rings. The zero-order chi connectivity index (χ0) is 9.68. The fraction of sp³-hybridized carbons (Fsp3) is 0.625. The fourth-order valence-corrected chi connectivity index (χ4v) is 0.856. The van der Waals surface area contributed by atoms with Crippen LogP contribution in [-0.2, 0) is 11.2 Å². The van der Waals surface area contributed by atoms with E-state index in [0.29, 0.717) is 18.7 Å². The van der Waals surface area contributed by atoms with E-state index in [4.69, 9.17) is 4.42 Å². The molecule has 5 heteroatoms. The lowest BCUT2D eigenvalue weighted by molar-refractivity contribution is -0.116. The van der Waals surface area contributed by atoms with Crippen molar-refractivity contribution in [3.63, 3.8) is 0 Å².